The fourth-order valence-corrected chi connectivity index (χ4v) is 5.02. The molecule has 3 aromatic carbocycles. The summed E-state index contributed by atoms with van der Waals surface area (Å²) in [5.41, 5.74) is 4.43. The monoisotopic (exact) mass is 486 g/mol. The van der Waals surface area contributed by atoms with Crippen LogP contribution in [0.4, 0.5) is 10.5 Å². The minimum Gasteiger partial charge on any atom is -0.487 e. The Morgan fingerprint density at radius 2 is 1.61 bits per heavy atom. The third-order valence-electron chi connectivity index (χ3n) is 7.29. The van der Waals surface area contributed by atoms with Gasteiger partial charge in [-0.1, -0.05) is 73.2 Å². The third-order valence-corrected chi connectivity index (χ3v) is 7.29. The summed E-state index contributed by atoms with van der Waals surface area (Å²) >= 11 is 0. The molecule has 3 aromatic rings. The van der Waals surface area contributed by atoms with Gasteiger partial charge >= 0.3 is 6.09 Å². The number of nitrogens with zero attached hydrogens (tertiary/aromatic N) is 1. The molecule has 2 atom stereocenters. The van der Waals surface area contributed by atoms with Crippen molar-refractivity contribution in [3.8, 4) is 5.75 Å². The van der Waals surface area contributed by atoms with E-state index in [4.69, 9.17) is 9.47 Å². The number of nitrogens with one attached hydrogen (secondary N) is 1. The van der Waals surface area contributed by atoms with Crippen molar-refractivity contribution >= 4 is 11.8 Å². The van der Waals surface area contributed by atoms with Gasteiger partial charge in [0.05, 0.1) is 11.8 Å². The Kier molecular flexibility index (Phi) is 7.54. The zero-order valence-corrected chi connectivity index (χ0v) is 20.7. The minimum atomic E-state index is -0.634. The van der Waals surface area contributed by atoms with Crippen molar-refractivity contribution < 1.29 is 19.4 Å². The third kappa shape index (κ3) is 5.40. The van der Waals surface area contributed by atoms with Crippen molar-refractivity contribution in [3.63, 3.8) is 0 Å². The van der Waals surface area contributed by atoms with Gasteiger partial charge in [-0.05, 0) is 54.0 Å². The highest BCUT2D eigenvalue weighted by Crippen LogP contribution is 2.42. The lowest BCUT2D eigenvalue weighted by Crippen LogP contribution is -2.47. The quantitative estimate of drug-likeness (QED) is 0.438. The number of anilines is 1. The molecule has 0 spiro atoms. The number of aliphatic hydroxyl groups excluding tert-OH is 1. The van der Waals surface area contributed by atoms with Crippen LogP contribution in [-0.2, 0) is 24.4 Å². The number of amides is 1. The summed E-state index contributed by atoms with van der Waals surface area (Å²) in [6, 6.07) is 23.9. The van der Waals surface area contributed by atoms with E-state index in [9.17, 15) is 9.90 Å². The molecule has 36 heavy (non-hydrogen) atoms. The van der Waals surface area contributed by atoms with Gasteiger partial charge in [0.1, 0.15) is 19.0 Å². The summed E-state index contributed by atoms with van der Waals surface area (Å²) in [6.07, 6.45) is 4.04. The predicted octanol–water partition coefficient (Wildman–Crippen LogP) is 5.53. The zero-order valence-electron chi connectivity index (χ0n) is 20.7. The topological polar surface area (TPSA) is 71.0 Å². The molecular formula is C30H34N2O4. The second-order valence-corrected chi connectivity index (χ2v) is 9.74. The van der Waals surface area contributed by atoms with Gasteiger partial charge < -0.3 is 19.9 Å². The molecule has 0 aromatic heterocycles. The lowest BCUT2D eigenvalue weighted by Gasteiger charge is -2.38. The van der Waals surface area contributed by atoms with E-state index < -0.39 is 12.2 Å². The Hall–Kier alpha value is -3.35. The normalized spacial score (nSPS) is 19.2. The molecule has 6 nitrogen and oxygen atoms in total. The lowest BCUT2D eigenvalue weighted by atomic mass is 9.82. The van der Waals surface area contributed by atoms with Crippen LogP contribution in [0.2, 0.25) is 0 Å². The molecule has 188 valence electrons. The smallest absolute Gasteiger partial charge is 0.414 e. The molecule has 0 unspecified atom stereocenters. The van der Waals surface area contributed by atoms with Crippen LogP contribution in [0.3, 0.4) is 0 Å². The first-order valence-corrected chi connectivity index (χ1v) is 12.8. The molecular weight excluding hydrogens is 452 g/mol. The summed E-state index contributed by atoms with van der Waals surface area (Å²) in [7, 11) is 1.71. The molecule has 0 bridgehead atoms. The highest BCUT2D eigenvalue weighted by molar-refractivity contribution is 5.91. The summed E-state index contributed by atoms with van der Waals surface area (Å²) in [6.45, 7) is 0.573. The van der Waals surface area contributed by atoms with Crippen molar-refractivity contribution in [2.75, 3.05) is 11.9 Å². The molecule has 5 rings (SSSR count). The number of hydrogen-bond acceptors (Lipinski definition) is 5. The highest BCUT2D eigenvalue weighted by Gasteiger charge is 2.34. The molecule has 2 aliphatic rings. The van der Waals surface area contributed by atoms with Crippen molar-refractivity contribution in [1.29, 1.82) is 0 Å². The average Bonchev–Trinajstić information content (AvgIpc) is 2.89. The summed E-state index contributed by atoms with van der Waals surface area (Å²) in [5, 5.41) is 14.9. The number of fused-ring (bicyclic) bond motifs is 1. The van der Waals surface area contributed by atoms with E-state index in [0.29, 0.717) is 24.1 Å². The number of carbonyl (C=O) groups is 1. The van der Waals surface area contributed by atoms with E-state index in [-0.39, 0.29) is 12.6 Å². The van der Waals surface area contributed by atoms with Crippen molar-refractivity contribution in [1.82, 2.24) is 5.32 Å². The molecule has 0 radical (unpaired) electrons. The average molecular weight is 487 g/mol. The Morgan fingerprint density at radius 3 is 2.25 bits per heavy atom. The maximum atomic E-state index is 13.1. The van der Waals surface area contributed by atoms with Crippen LogP contribution in [0.1, 0.15) is 54.0 Å². The Labute approximate surface area is 212 Å². The van der Waals surface area contributed by atoms with Gasteiger partial charge in [0.15, 0.2) is 0 Å². The van der Waals surface area contributed by atoms with Crippen LogP contribution in [-0.4, -0.2) is 30.3 Å². The van der Waals surface area contributed by atoms with Crippen molar-refractivity contribution in [3.05, 3.63) is 95.1 Å². The van der Waals surface area contributed by atoms with Gasteiger partial charge in [-0.3, -0.25) is 4.90 Å². The molecule has 1 amide bonds. The Balaban J connectivity index is 1.40. The van der Waals surface area contributed by atoms with Gasteiger partial charge in [-0.2, -0.15) is 0 Å². The SMILES string of the molecule is CN(C(=O)OCc1ccccc1)c1c(OCc2ccccc2)ccc2c1CC[C@@H](NC1CCC1)[C@@H]2O. The number of hydrogen-bond donors (Lipinski definition) is 2. The van der Waals surface area contributed by atoms with E-state index in [2.05, 4.69) is 5.32 Å². The van der Waals surface area contributed by atoms with E-state index in [1.54, 1.807) is 7.05 Å². The van der Waals surface area contributed by atoms with Gasteiger partial charge in [-0.25, -0.2) is 4.79 Å². The molecule has 0 heterocycles. The van der Waals surface area contributed by atoms with Gasteiger partial charge in [-0.15, -0.1) is 0 Å². The first-order valence-electron chi connectivity index (χ1n) is 12.8. The summed E-state index contributed by atoms with van der Waals surface area (Å²) < 4.78 is 11.9. The maximum absolute atomic E-state index is 13.1. The fraction of sp³-hybridized carbons (Fsp3) is 0.367. The van der Waals surface area contributed by atoms with Crippen LogP contribution in [0, 0.1) is 0 Å². The molecule has 6 heteroatoms. The first kappa shape index (κ1) is 24.3. The number of rotatable bonds is 8. The highest BCUT2D eigenvalue weighted by atomic mass is 16.6. The fourth-order valence-electron chi connectivity index (χ4n) is 5.02. The van der Waals surface area contributed by atoms with E-state index in [0.717, 1.165) is 35.1 Å². The van der Waals surface area contributed by atoms with E-state index >= 15 is 0 Å². The lowest BCUT2D eigenvalue weighted by molar-refractivity contribution is 0.0991. The Bertz CT molecular complexity index is 1160. The van der Waals surface area contributed by atoms with Crippen LogP contribution >= 0.6 is 0 Å². The minimum absolute atomic E-state index is 0.0158. The maximum Gasteiger partial charge on any atom is 0.414 e. The standard InChI is InChI=1S/C30H34N2O4/c1-32(30(34)36-20-22-11-6-3-7-12-22)28-24-15-17-26(31-23-13-8-14-23)29(33)25(24)16-18-27(28)35-19-21-9-4-2-5-10-21/h2-7,9-12,16,18,23,26,29,31,33H,8,13-15,17,19-20H2,1H3/t26-,29-/m1/s1. The van der Waals surface area contributed by atoms with Crippen molar-refractivity contribution in [2.45, 2.75) is 63.5 Å². The van der Waals surface area contributed by atoms with Crippen LogP contribution in [0.15, 0.2) is 72.8 Å². The molecule has 0 saturated heterocycles. The summed E-state index contributed by atoms with van der Waals surface area (Å²) in [5.74, 6) is 0.606. The number of ether oxygens (including phenoxy) is 2. The summed E-state index contributed by atoms with van der Waals surface area (Å²) in [4.78, 5) is 14.7. The number of carbonyl (C=O) groups excluding carboxylic acids is 1. The van der Waals surface area contributed by atoms with Gasteiger partial charge in [0, 0.05) is 19.1 Å². The van der Waals surface area contributed by atoms with Crippen LogP contribution < -0.4 is 15.0 Å². The second-order valence-electron chi connectivity index (χ2n) is 9.74. The van der Waals surface area contributed by atoms with E-state index in [1.807, 2.05) is 72.8 Å². The first-order chi connectivity index (χ1) is 17.6. The molecule has 0 aliphatic heterocycles. The van der Waals surface area contributed by atoms with Crippen LogP contribution in [0.25, 0.3) is 0 Å². The predicted molar refractivity (Wildman–Crippen MR) is 140 cm³/mol. The molecule has 2 aliphatic carbocycles. The van der Waals surface area contributed by atoms with Gasteiger partial charge in [0.25, 0.3) is 0 Å². The van der Waals surface area contributed by atoms with Gasteiger partial charge in [0.2, 0.25) is 0 Å². The molecule has 1 saturated carbocycles. The largest absolute Gasteiger partial charge is 0.487 e. The zero-order chi connectivity index (χ0) is 24.9. The molecule has 1 fully saturated rings. The number of benzene rings is 3. The Morgan fingerprint density at radius 1 is 0.944 bits per heavy atom. The second kappa shape index (κ2) is 11.1. The van der Waals surface area contributed by atoms with E-state index in [1.165, 1.54) is 24.2 Å². The van der Waals surface area contributed by atoms with Crippen LogP contribution in [0.5, 0.6) is 5.75 Å². The number of aliphatic hydroxyl groups is 1. The van der Waals surface area contributed by atoms with Crippen molar-refractivity contribution in [2.24, 2.45) is 0 Å². The molecule has 2 N–H and O–H groups in total.